The van der Waals surface area contributed by atoms with E-state index in [9.17, 15) is 18.0 Å². The molecular weight excluding hydrogens is 470 g/mol. The molecule has 0 radical (unpaired) electrons. The number of amides is 1. The number of carbonyl (C=O) groups excluding carboxylic acids is 1. The van der Waals surface area contributed by atoms with Crippen molar-refractivity contribution < 1.29 is 13.2 Å². The second-order valence-electron chi connectivity index (χ2n) is 7.98. The van der Waals surface area contributed by atoms with E-state index in [1.54, 1.807) is 34.9 Å². The number of rotatable bonds is 6. The number of benzene rings is 3. The first kappa shape index (κ1) is 23.7. The summed E-state index contributed by atoms with van der Waals surface area (Å²) in [5, 5.41) is 3.67. The monoisotopic (exact) mass is 493 g/mol. The van der Waals surface area contributed by atoms with Crippen LogP contribution in [0.4, 0.5) is 5.69 Å². The lowest BCUT2D eigenvalue weighted by molar-refractivity contribution is -0.113. The van der Waals surface area contributed by atoms with E-state index in [1.807, 2.05) is 38.1 Å². The molecule has 0 atom stereocenters. The van der Waals surface area contributed by atoms with Gasteiger partial charge in [0.25, 0.3) is 5.56 Å². The zero-order chi connectivity index (χ0) is 24.5. The second kappa shape index (κ2) is 9.44. The molecular formula is C25H23N3O4S2. The van der Waals surface area contributed by atoms with Crippen LogP contribution in [0.25, 0.3) is 16.6 Å². The maximum absolute atomic E-state index is 13.4. The standard InChI is InChI=1S/C25H23N3O4S2/c1-16-8-13-22(17(2)14-16)28-24(30)20-6-4-5-7-21(20)27-25(28)33-15-23(29)26-18-9-11-19(12-10-18)34(3,31)32/h4-14H,15H2,1-3H3,(H,26,29). The van der Waals surface area contributed by atoms with Gasteiger partial charge in [-0.15, -0.1) is 0 Å². The molecule has 0 unspecified atom stereocenters. The first-order chi connectivity index (χ1) is 16.1. The first-order valence-electron chi connectivity index (χ1n) is 10.5. The summed E-state index contributed by atoms with van der Waals surface area (Å²) in [6, 6.07) is 18.9. The van der Waals surface area contributed by atoms with Crippen molar-refractivity contribution in [3.8, 4) is 5.69 Å². The normalized spacial score (nSPS) is 11.5. The second-order valence-corrected chi connectivity index (χ2v) is 10.9. The van der Waals surface area contributed by atoms with Gasteiger partial charge in [-0.2, -0.15) is 0 Å². The molecule has 0 spiro atoms. The molecule has 0 saturated heterocycles. The van der Waals surface area contributed by atoms with E-state index < -0.39 is 9.84 Å². The molecule has 0 bridgehead atoms. The van der Waals surface area contributed by atoms with Crippen LogP contribution in [0.1, 0.15) is 11.1 Å². The molecule has 174 valence electrons. The van der Waals surface area contributed by atoms with Crippen LogP contribution in [0.5, 0.6) is 0 Å². The summed E-state index contributed by atoms with van der Waals surface area (Å²) >= 11 is 1.16. The molecule has 0 saturated carbocycles. The Balaban J connectivity index is 1.63. The van der Waals surface area contributed by atoms with Gasteiger partial charge in [0, 0.05) is 11.9 Å². The molecule has 1 amide bonds. The van der Waals surface area contributed by atoms with Gasteiger partial charge in [-0.05, 0) is 61.9 Å². The predicted molar refractivity (Wildman–Crippen MR) is 136 cm³/mol. The lowest BCUT2D eigenvalue weighted by Gasteiger charge is -2.15. The number of carbonyl (C=O) groups is 1. The number of nitrogens with zero attached hydrogens (tertiary/aromatic N) is 2. The zero-order valence-corrected chi connectivity index (χ0v) is 20.5. The van der Waals surface area contributed by atoms with Crippen molar-refractivity contribution in [2.45, 2.75) is 23.9 Å². The minimum Gasteiger partial charge on any atom is -0.325 e. The fraction of sp³-hybridized carbons (Fsp3) is 0.160. The molecule has 4 rings (SSSR count). The molecule has 1 aromatic heterocycles. The summed E-state index contributed by atoms with van der Waals surface area (Å²) < 4.78 is 24.8. The highest BCUT2D eigenvalue weighted by Gasteiger charge is 2.16. The van der Waals surface area contributed by atoms with Crippen molar-refractivity contribution in [2.24, 2.45) is 0 Å². The minimum absolute atomic E-state index is 0.0174. The number of fused-ring (bicyclic) bond motifs is 1. The molecule has 0 fully saturated rings. The highest BCUT2D eigenvalue weighted by Crippen LogP contribution is 2.24. The van der Waals surface area contributed by atoms with Crippen molar-refractivity contribution in [3.63, 3.8) is 0 Å². The Morgan fingerprint density at radius 3 is 2.41 bits per heavy atom. The van der Waals surface area contributed by atoms with E-state index in [1.165, 1.54) is 12.1 Å². The topological polar surface area (TPSA) is 98.1 Å². The van der Waals surface area contributed by atoms with Crippen LogP contribution in [-0.4, -0.2) is 35.9 Å². The maximum Gasteiger partial charge on any atom is 0.266 e. The molecule has 4 aromatic rings. The number of hydrogen-bond acceptors (Lipinski definition) is 6. The fourth-order valence-electron chi connectivity index (χ4n) is 3.59. The van der Waals surface area contributed by atoms with Gasteiger partial charge in [-0.3, -0.25) is 14.2 Å². The highest BCUT2D eigenvalue weighted by molar-refractivity contribution is 7.99. The SMILES string of the molecule is Cc1ccc(-n2c(SCC(=O)Nc3ccc(S(C)(=O)=O)cc3)nc3ccccc3c2=O)c(C)c1. The average molecular weight is 494 g/mol. The van der Waals surface area contributed by atoms with E-state index in [0.717, 1.165) is 29.1 Å². The van der Waals surface area contributed by atoms with E-state index in [2.05, 4.69) is 10.3 Å². The van der Waals surface area contributed by atoms with Crippen LogP contribution >= 0.6 is 11.8 Å². The molecule has 0 aliphatic carbocycles. The van der Waals surface area contributed by atoms with Crippen molar-refractivity contribution in [1.29, 1.82) is 0 Å². The van der Waals surface area contributed by atoms with Crippen molar-refractivity contribution >= 4 is 44.1 Å². The Morgan fingerprint density at radius 1 is 1.03 bits per heavy atom. The third kappa shape index (κ3) is 5.05. The van der Waals surface area contributed by atoms with Gasteiger partial charge in [-0.25, -0.2) is 13.4 Å². The zero-order valence-electron chi connectivity index (χ0n) is 18.9. The molecule has 0 aliphatic rings. The third-order valence-electron chi connectivity index (χ3n) is 5.24. The Morgan fingerprint density at radius 2 is 1.74 bits per heavy atom. The number of aromatic nitrogens is 2. The summed E-state index contributed by atoms with van der Waals surface area (Å²) in [4.78, 5) is 30.9. The number of aryl methyl sites for hydroxylation is 2. The maximum atomic E-state index is 13.4. The molecule has 0 aliphatic heterocycles. The Kier molecular flexibility index (Phi) is 6.58. The van der Waals surface area contributed by atoms with Gasteiger partial charge in [0.2, 0.25) is 5.91 Å². The number of thioether (sulfide) groups is 1. The molecule has 3 aromatic carbocycles. The summed E-state index contributed by atoms with van der Waals surface area (Å²) in [5.74, 6) is -0.282. The molecule has 7 nitrogen and oxygen atoms in total. The fourth-order valence-corrected chi connectivity index (χ4v) is 5.03. The van der Waals surface area contributed by atoms with Gasteiger partial charge >= 0.3 is 0 Å². The van der Waals surface area contributed by atoms with Gasteiger partial charge in [0.15, 0.2) is 15.0 Å². The molecule has 1 N–H and O–H groups in total. The average Bonchev–Trinajstić information content (AvgIpc) is 2.78. The molecule has 34 heavy (non-hydrogen) atoms. The van der Waals surface area contributed by atoms with E-state index in [0.29, 0.717) is 27.4 Å². The number of hydrogen-bond donors (Lipinski definition) is 1. The van der Waals surface area contributed by atoms with Crippen LogP contribution in [0.2, 0.25) is 0 Å². The van der Waals surface area contributed by atoms with Crippen molar-refractivity contribution in [1.82, 2.24) is 9.55 Å². The number of sulfone groups is 1. The van der Waals surface area contributed by atoms with Crippen LogP contribution in [0, 0.1) is 13.8 Å². The van der Waals surface area contributed by atoms with E-state index in [4.69, 9.17) is 0 Å². The smallest absolute Gasteiger partial charge is 0.266 e. The van der Waals surface area contributed by atoms with Crippen molar-refractivity contribution in [3.05, 3.63) is 88.2 Å². The Hall–Kier alpha value is -3.43. The quantitative estimate of drug-likeness (QED) is 0.320. The number of para-hydroxylation sites is 1. The van der Waals surface area contributed by atoms with E-state index in [-0.39, 0.29) is 22.1 Å². The third-order valence-corrected chi connectivity index (χ3v) is 7.30. The summed E-state index contributed by atoms with van der Waals surface area (Å²) in [6.45, 7) is 3.92. The Labute approximate surface area is 201 Å². The van der Waals surface area contributed by atoms with Gasteiger partial charge in [0.05, 0.1) is 27.2 Å². The van der Waals surface area contributed by atoms with Crippen LogP contribution in [0.15, 0.2) is 81.6 Å². The van der Waals surface area contributed by atoms with E-state index >= 15 is 0 Å². The summed E-state index contributed by atoms with van der Waals surface area (Å²) in [7, 11) is -3.31. The van der Waals surface area contributed by atoms with Crippen molar-refractivity contribution in [2.75, 3.05) is 17.3 Å². The lowest BCUT2D eigenvalue weighted by atomic mass is 10.1. The van der Waals surface area contributed by atoms with Gasteiger partial charge in [-0.1, -0.05) is 41.6 Å². The Bertz CT molecular complexity index is 1560. The minimum atomic E-state index is -3.31. The summed E-state index contributed by atoms with van der Waals surface area (Å²) in [6.07, 6.45) is 1.13. The number of anilines is 1. The number of nitrogens with one attached hydrogen (secondary N) is 1. The van der Waals surface area contributed by atoms with Crippen LogP contribution in [-0.2, 0) is 14.6 Å². The predicted octanol–water partition coefficient (Wildman–Crippen LogP) is 4.14. The van der Waals surface area contributed by atoms with Gasteiger partial charge in [0.1, 0.15) is 0 Å². The lowest BCUT2D eigenvalue weighted by Crippen LogP contribution is -2.23. The highest BCUT2D eigenvalue weighted by atomic mass is 32.2. The molecule has 1 heterocycles. The van der Waals surface area contributed by atoms with Crippen LogP contribution < -0.4 is 10.9 Å². The van der Waals surface area contributed by atoms with Crippen LogP contribution in [0.3, 0.4) is 0 Å². The van der Waals surface area contributed by atoms with Gasteiger partial charge < -0.3 is 5.32 Å². The largest absolute Gasteiger partial charge is 0.325 e. The first-order valence-corrected chi connectivity index (χ1v) is 13.3. The summed E-state index contributed by atoms with van der Waals surface area (Å²) in [5.41, 5.74) is 3.57. The molecule has 9 heteroatoms.